The van der Waals surface area contributed by atoms with Gasteiger partial charge in [-0.3, -0.25) is 9.59 Å². The molecule has 1 saturated heterocycles. The van der Waals surface area contributed by atoms with Gasteiger partial charge in [-0.25, -0.2) is 4.90 Å². The van der Waals surface area contributed by atoms with Crippen molar-refractivity contribution < 1.29 is 14.5 Å². The smallest absolute Gasteiger partial charge is 0.237 e. The molecular formula is C22H23N2O2S+. The normalized spacial score (nSPS) is 29.7. The lowest BCUT2D eigenvalue weighted by Crippen LogP contribution is -3.15. The van der Waals surface area contributed by atoms with Crippen molar-refractivity contribution in [3.05, 3.63) is 69.9 Å². The van der Waals surface area contributed by atoms with Crippen LogP contribution in [0, 0.1) is 11.8 Å². The molecule has 5 heteroatoms. The molecule has 1 fully saturated rings. The van der Waals surface area contributed by atoms with E-state index in [0.717, 1.165) is 13.0 Å². The van der Waals surface area contributed by atoms with Gasteiger partial charge in [0, 0.05) is 22.4 Å². The highest BCUT2D eigenvalue weighted by atomic mass is 32.1. The van der Waals surface area contributed by atoms with Crippen LogP contribution in [-0.4, -0.2) is 29.9 Å². The van der Waals surface area contributed by atoms with Crippen molar-refractivity contribution in [2.75, 3.05) is 13.2 Å². The van der Waals surface area contributed by atoms with Gasteiger partial charge >= 0.3 is 0 Å². The Balaban J connectivity index is 1.46. The standard InChI is InChI=1S/C22H22N2O2S/c25-21-16-8-4-5-9-17(16)22(26)24(21)14-23-12-10-19-18(11-13-27-19)20(23)15-6-2-1-3-7-15/h1-7,11,13,16-17,20H,8-10,12,14H2/p+1/t16-,17+,20-/m1/s1. The molecule has 1 unspecified atom stereocenters. The minimum atomic E-state index is -0.140. The number of benzene rings is 1. The summed E-state index contributed by atoms with van der Waals surface area (Å²) in [7, 11) is 0. The monoisotopic (exact) mass is 379 g/mol. The first-order chi connectivity index (χ1) is 13.2. The van der Waals surface area contributed by atoms with E-state index in [1.54, 1.807) is 4.90 Å². The minimum Gasteiger partial charge on any atom is -0.307 e. The number of imide groups is 1. The van der Waals surface area contributed by atoms with Crippen LogP contribution in [0.5, 0.6) is 0 Å². The maximum Gasteiger partial charge on any atom is 0.237 e. The van der Waals surface area contributed by atoms with Crippen molar-refractivity contribution >= 4 is 23.2 Å². The second-order valence-corrected chi connectivity index (χ2v) is 8.72. The topological polar surface area (TPSA) is 41.8 Å². The first-order valence-corrected chi connectivity index (χ1v) is 10.6. The Morgan fingerprint density at radius 1 is 1.00 bits per heavy atom. The summed E-state index contributed by atoms with van der Waals surface area (Å²) in [6.45, 7) is 1.41. The number of fused-ring (bicyclic) bond motifs is 2. The van der Waals surface area contributed by atoms with Crippen LogP contribution in [0.4, 0.5) is 0 Å². The number of carbonyl (C=O) groups is 2. The van der Waals surface area contributed by atoms with Gasteiger partial charge in [-0.1, -0.05) is 42.5 Å². The van der Waals surface area contributed by atoms with E-state index in [9.17, 15) is 9.59 Å². The van der Waals surface area contributed by atoms with E-state index < -0.39 is 0 Å². The Morgan fingerprint density at radius 3 is 2.41 bits per heavy atom. The Morgan fingerprint density at radius 2 is 1.70 bits per heavy atom. The fraction of sp³-hybridized carbons (Fsp3) is 0.364. The van der Waals surface area contributed by atoms with E-state index in [0.29, 0.717) is 19.5 Å². The first kappa shape index (κ1) is 16.9. The van der Waals surface area contributed by atoms with Crippen molar-refractivity contribution in [1.29, 1.82) is 0 Å². The van der Waals surface area contributed by atoms with Gasteiger partial charge in [0.05, 0.1) is 18.4 Å². The molecule has 0 saturated carbocycles. The predicted molar refractivity (Wildman–Crippen MR) is 104 cm³/mol. The molecule has 0 bridgehead atoms. The third kappa shape index (κ3) is 2.77. The average molecular weight is 380 g/mol. The van der Waals surface area contributed by atoms with Gasteiger partial charge in [-0.2, -0.15) is 0 Å². The number of thiophene rings is 1. The number of likely N-dealkylation sites (tertiary alicyclic amines) is 1. The molecule has 2 amide bonds. The Bertz CT molecular complexity index is 878. The molecule has 4 atom stereocenters. The lowest BCUT2D eigenvalue weighted by atomic mass is 9.85. The van der Waals surface area contributed by atoms with E-state index in [4.69, 9.17) is 0 Å². The Labute approximate surface area is 163 Å². The van der Waals surface area contributed by atoms with Gasteiger partial charge in [0.1, 0.15) is 6.04 Å². The minimum absolute atomic E-state index is 0.0322. The summed E-state index contributed by atoms with van der Waals surface area (Å²) in [5, 5.41) is 2.16. The lowest BCUT2D eigenvalue weighted by Gasteiger charge is -2.35. The van der Waals surface area contributed by atoms with Crippen molar-refractivity contribution in [2.24, 2.45) is 11.8 Å². The molecule has 138 valence electrons. The summed E-state index contributed by atoms with van der Waals surface area (Å²) in [6.07, 6.45) is 6.52. The van der Waals surface area contributed by atoms with Crippen LogP contribution in [0.1, 0.15) is 34.9 Å². The van der Waals surface area contributed by atoms with E-state index >= 15 is 0 Å². The van der Waals surface area contributed by atoms with Crippen LogP contribution in [0.2, 0.25) is 0 Å². The lowest BCUT2D eigenvalue weighted by molar-refractivity contribution is -0.934. The summed E-state index contributed by atoms with van der Waals surface area (Å²) in [5.41, 5.74) is 2.61. The molecule has 4 nitrogen and oxygen atoms in total. The van der Waals surface area contributed by atoms with Crippen LogP contribution >= 0.6 is 11.3 Å². The molecule has 5 rings (SSSR count). The number of nitrogens with one attached hydrogen (secondary N) is 1. The highest BCUT2D eigenvalue weighted by Crippen LogP contribution is 2.35. The van der Waals surface area contributed by atoms with Gasteiger partial charge in [0.25, 0.3) is 0 Å². The highest BCUT2D eigenvalue weighted by Gasteiger charge is 2.49. The molecule has 0 spiro atoms. The number of quaternary nitrogens is 1. The van der Waals surface area contributed by atoms with E-state index in [1.165, 1.54) is 20.9 Å². The van der Waals surface area contributed by atoms with Gasteiger partial charge in [0.2, 0.25) is 11.8 Å². The number of hydrogen-bond acceptors (Lipinski definition) is 3. The maximum atomic E-state index is 12.9. The second kappa shape index (κ2) is 6.73. The number of hydrogen-bond donors (Lipinski definition) is 1. The number of nitrogens with zero attached hydrogens (tertiary/aromatic N) is 1. The number of amides is 2. The molecule has 1 aromatic carbocycles. The van der Waals surface area contributed by atoms with Gasteiger partial charge in [0.15, 0.2) is 6.67 Å². The fourth-order valence-corrected chi connectivity index (χ4v) is 5.83. The zero-order chi connectivity index (χ0) is 18.4. The van der Waals surface area contributed by atoms with E-state index in [1.807, 2.05) is 29.6 Å². The van der Waals surface area contributed by atoms with Gasteiger partial charge in [-0.05, 0) is 24.3 Å². The van der Waals surface area contributed by atoms with Crippen LogP contribution < -0.4 is 4.90 Å². The molecule has 2 aromatic rings. The molecule has 1 aromatic heterocycles. The summed E-state index contributed by atoms with van der Waals surface area (Å²) in [4.78, 5) is 30.1. The molecule has 1 N–H and O–H groups in total. The molecule has 1 aliphatic carbocycles. The number of rotatable bonds is 3. The van der Waals surface area contributed by atoms with Crippen molar-refractivity contribution in [1.82, 2.24) is 4.90 Å². The van der Waals surface area contributed by atoms with E-state index in [2.05, 4.69) is 35.7 Å². The van der Waals surface area contributed by atoms with Crippen LogP contribution in [0.25, 0.3) is 0 Å². The Hall–Kier alpha value is -2.24. The van der Waals surface area contributed by atoms with Crippen LogP contribution in [0.3, 0.4) is 0 Å². The van der Waals surface area contributed by atoms with Crippen LogP contribution in [0.15, 0.2) is 53.9 Å². The fourth-order valence-electron chi connectivity index (χ4n) is 4.91. The highest BCUT2D eigenvalue weighted by molar-refractivity contribution is 7.10. The maximum absolute atomic E-state index is 12.9. The SMILES string of the molecule is O=C1[C@H]2CC=CC[C@H]2C(=O)N1C[NH+]1CCc2sccc2[C@H]1c1ccccc1. The average Bonchev–Trinajstić information content (AvgIpc) is 3.28. The Kier molecular flexibility index (Phi) is 4.21. The van der Waals surface area contributed by atoms with Gasteiger partial charge in [-0.15, -0.1) is 11.3 Å². The summed E-state index contributed by atoms with van der Waals surface area (Å²) in [5.74, 6) is -0.216. The quantitative estimate of drug-likeness (QED) is 0.656. The molecule has 2 aliphatic heterocycles. The molecular weight excluding hydrogens is 356 g/mol. The molecule has 3 heterocycles. The van der Waals surface area contributed by atoms with Crippen molar-refractivity contribution in [3.8, 4) is 0 Å². The largest absolute Gasteiger partial charge is 0.307 e. The van der Waals surface area contributed by atoms with E-state index in [-0.39, 0.29) is 29.7 Å². The zero-order valence-electron chi connectivity index (χ0n) is 15.1. The summed E-state index contributed by atoms with van der Waals surface area (Å²) >= 11 is 1.82. The third-order valence-electron chi connectivity index (χ3n) is 6.27. The van der Waals surface area contributed by atoms with Crippen molar-refractivity contribution in [3.63, 3.8) is 0 Å². The van der Waals surface area contributed by atoms with Gasteiger partial charge < -0.3 is 4.90 Å². The third-order valence-corrected chi connectivity index (χ3v) is 7.26. The first-order valence-electron chi connectivity index (χ1n) is 9.70. The number of carbonyl (C=O) groups excluding carboxylic acids is 2. The zero-order valence-corrected chi connectivity index (χ0v) is 16.0. The summed E-state index contributed by atoms with van der Waals surface area (Å²) in [6, 6.07) is 12.9. The molecule has 3 aliphatic rings. The second-order valence-electron chi connectivity index (χ2n) is 7.72. The van der Waals surface area contributed by atoms with Crippen molar-refractivity contribution in [2.45, 2.75) is 25.3 Å². The molecule has 27 heavy (non-hydrogen) atoms. The number of allylic oxidation sites excluding steroid dienone is 2. The molecule has 0 radical (unpaired) electrons. The predicted octanol–water partition coefficient (Wildman–Crippen LogP) is 2.19. The summed E-state index contributed by atoms with van der Waals surface area (Å²) < 4.78 is 0. The van der Waals surface area contributed by atoms with Crippen LogP contribution in [-0.2, 0) is 16.0 Å².